The van der Waals surface area contributed by atoms with Crippen LogP contribution in [0.1, 0.15) is 15.9 Å². The van der Waals surface area contributed by atoms with Gasteiger partial charge in [-0.25, -0.2) is 0 Å². The fraction of sp³-hybridized carbons (Fsp3) is 0.0625. The Morgan fingerprint density at radius 2 is 2.18 bits per heavy atom. The van der Waals surface area contributed by atoms with Crippen molar-refractivity contribution >= 4 is 33.2 Å². The highest BCUT2D eigenvalue weighted by Gasteiger charge is 2.10. The third-order valence-corrected chi connectivity index (χ3v) is 4.36. The van der Waals surface area contributed by atoms with Crippen LogP contribution in [0.25, 0.3) is 10.6 Å². The van der Waals surface area contributed by atoms with Gasteiger partial charge < -0.3 is 5.32 Å². The molecule has 3 aromatic heterocycles. The van der Waals surface area contributed by atoms with E-state index in [1.807, 2.05) is 29.6 Å². The SMILES string of the molecule is O=C(NCc1cccnc1-c1cccs1)c1cncc(Br)c1. The molecule has 0 atom stereocenters. The Hall–Kier alpha value is -2.05. The summed E-state index contributed by atoms with van der Waals surface area (Å²) in [5.74, 6) is -0.158. The highest BCUT2D eigenvalue weighted by molar-refractivity contribution is 9.10. The zero-order chi connectivity index (χ0) is 15.4. The van der Waals surface area contributed by atoms with Crippen molar-refractivity contribution in [1.82, 2.24) is 15.3 Å². The van der Waals surface area contributed by atoms with Gasteiger partial charge in [0.1, 0.15) is 0 Å². The van der Waals surface area contributed by atoms with Crippen molar-refractivity contribution in [2.45, 2.75) is 6.54 Å². The number of amides is 1. The smallest absolute Gasteiger partial charge is 0.253 e. The fourth-order valence-corrected chi connectivity index (χ4v) is 3.15. The van der Waals surface area contributed by atoms with E-state index in [2.05, 4.69) is 31.2 Å². The molecule has 3 aromatic rings. The molecule has 110 valence electrons. The molecule has 1 amide bonds. The van der Waals surface area contributed by atoms with Crippen molar-refractivity contribution in [2.24, 2.45) is 0 Å². The van der Waals surface area contributed by atoms with Crippen LogP contribution in [0.15, 0.2) is 58.8 Å². The Balaban J connectivity index is 1.76. The standard InChI is InChI=1S/C16H12BrN3OS/c17-13-7-12(8-18-10-13)16(21)20-9-11-3-1-5-19-15(11)14-4-2-6-22-14/h1-8,10H,9H2,(H,20,21). The molecular weight excluding hydrogens is 362 g/mol. The number of halogens is 1. The molecule has 0 fully saturated rings. The minimum Gasteiger partial charge on any atom is -0.348 e. The molecule has 0 spiro atoms. The first kappa shape index (κ1) is 14.9. The number of carbonyl (C=O) groups excluding carboxylic acids is 1. The molecule has 6 heteroatoms. The lowest BCUT2D eigenvalue weighted by Crippen LogP contribution is -2.23. The minimum atomic E-state index is -0.158. The summed E-state index contributed by atoms with van der Waals surface area (Å²) in [6, 6.07) is 9.60. The Morgan fingerprint density at radius 3 is 2.95 bits per heavy atom. The van der Waals surface area contributed by atoms with E-state index >= 15 is 0 Å². The first-order valence-electron chi connectivity index (χ1n) is 6.60. The summed E-state index contributed by atoms with van der Waals surface area (Å²) in [5, 5.41) is 4.92. The Bertz CT molecular complexity index is 790. The third kappa shape index (κ3) is 3.40. The van der Waals surface area contributed by atoms with E-state index in [-0.39, 0.29) is 5.91 Å². The maximum atomic E-state index is 12.2. The number of nitrogens with one attached hydrogen (secondary N) is 1. The lowest BCUT2D eigenvalue weighted by Gasteiger charge is -2.09. The van der Waals surface area contributed by atoms with Crippen LogP contribution in [0, 0.1) is 0 Å². The van der Waals surface area contributed by atoms with Crippen molar-refractivity contribution < 1.29 is 4.79 Å². The van der Waals surface area contributed by atoms with Gasteiger partial charge in [-0.3, -0.25) is 14.8 Å². The number of hydrogen-bond acceptors (Lipinski definition) is 4. The van der Waals surface area contributed by atoms with E-state index in [0.29, 0.717) is 12.1 Å². The van der Waals surface area contributed by atoms with E-state index in [9.17, 15) is 4.79 Å². The summed E-state index contributed by atoms with van der Waals surface area (Å²) in [6.45, 7) is 0.423. The van der Waals surface area contributed by atoms with Crippen molar-refractivity contribution in [3.05, 3.63) is 69.9 Å². The molecule has 0 saturated carbocycles. The number of carbonyl (C=O) groups is 1. The summed E-state index contributed by atoms with van der Waals surface area (Å²) < 4.78 is 0.779. The molecule has 0 radical (unpaired) electrons. The van der Waals surface area contributed by atoms with Crippen LogP contribution < -0.4 is 5.32 Å². The predicted octanol–water partition coefficient (Wildman–Crippen LogP) is 3.90. The quantitative estimate of drug-likeness (QED) is 0.754. The molecule has 0 aliphatic rings. The van der Waals surface area contributed by atoms with E-state index in [1.165, 1.54) is 0 Å². The van der Waals surface area contributed by atoms with Crippen LogP contribution in [0.3, 0.4) is 0 Å². The van der Waals surface area contributed by atoms with Crippen LogP contribution >= 0.6 is 27.3 Å². The lowest BCUT2D eigenvalue weighted by atomic mass is 10.1. The summed E-state index contributed by atoms with van der Waals surface area (Å²) in [4.78, 5) is 21.7. The average Bonchev–Trinajstić information content (AvgIpc) is 3.07. The highest BCUT2D eigenvalue weighted by Crippen LogP contribution is 2.25. The second-order valence-corrected chi connectivity index (χ2v) is 6.43. The number of pyridine rings is 2. The number of rotatable bonds is 4. The first-order valence-corrected chi connectivity index (χ1v) is 8.28. The van der Waals surface area contributed by atoms with Gasteiger partial charge in [-0.05, 0) is 45.1 Å². The number of thiophene rings is 1. The Labute approximate surface area is 140 Å². The number of aromatic nitrogens is 2. The van der Waals surface area contributed by atoms with Gasteiger partial charge in [-0.1, -0.05) is 12.1 Å². The topological polar surface area (TPSA) is 54.9 Å². The molecule has 0 unspecified atom stereocenters. The van der Waals surface area contributed by atoms with Crippen molar-refractivity contribution in [2.75, 3.05) is 0 Å². The molecule has 0 aliphatic heterocycles. The lowest BCUT2D eigenvalue weighted by molar-refractivity contribution is 0.0950. The summed E-state index contributed by atoms with van der Waals surface area (Å²) in [5.41, 5.74) is 2.42. The zero-order valence-electron chi connectivity index (χ0n) is 11.5. The molecule has 0 aliphatic carbocycles. The van der Waals surface area contributed by atoms with Gasteiger partial charge in [0.25, 0.3) is 5.91 Å². The van der Waals surface area contributed by atoms with Gasteiger partial charge in [0.05, 0.1) is 16.1 Å². The van der Waals surface area contributed by atoms with Crippen LogP contribution in [-0.2, 0) is 6.54 Å². The van der Waals surface area contributed by atoms with Crippen molar-refractivity contribution in [1.29, 1.82) is 0 Å². The predicted molar refractivity (Wildman–Crippen MR) is 90.7 cm³/mol. The van der Waals surface area contributed by atoms with E-state index in [4.69, 9.17) is 0 Å². The van der Waals surface area contributed by atoms with Gasteiger partial charge >= 0.3 is 0 Å². The fourth-order valence-electron chi connectivity index (χ4n) is 2.03. The Morgan fingerprint density at radius 1 is 1.27 bits per heavy atom. The van der Waals surface area contributed by atoms with Gasteiger partial charge in [-0.2, -0.15) is 0 Å². The highest BCUT2D eigenvalue weighted by atomic mass is 79.9. The summed E-state index contributed by atoms with van der Waals surface area (Å²) in [6.07, 6.45) is 4.95. The van der Waals surface area contributed by atoms with E-state index in [1.54, 1.807) is 36.0 Å². The summed E-state index contributed by atoms with van der Waals surface area (Å²) in [7, 11) is 0. The van der Waals surface area contributed by atoms with Gasteiger partial charge in [0.2, 0.25) is 0 Å². The van der Waals surface area contributed by atoms with Crippen LogP contribution in [0.4, 0.5) is 0 Å². The molecular formula is C16H12BrN3OS. The molecule has 0 bridgehead atoms. The Kier molecular flexibility index (Phi) is 4.60. The van der Waals surface area contributed by atoms with E-state index in [0.717, 1.165) is 20.6 Å². The molecule has 0 saturated heterocycles. The van der Waals surface area contributed by atoms with Crippen molar-refractivity contribution in [3.8, 4) is 10.6 Å². The number of hydrogen-bond donors (Lipinski definition) is 1. The largest absolute Gasteiger partial charge is 0.348 e. The molecule has 22 heavy (non-hydrogen) atoms. The minimum absolute atomic E-state index is 0.158. The van der Waals surface area contributed by atoms with Crippen molar-refractivity contribution in [3.63, 3.8) is 0 Å². The normalized spacial score (nSPS) is 10.4. The maximum absolute atomic E-state index is 12.2. The second-order valence-electron chi connectivity index (χ2n) is 4.56. The van der Waals surface area contributed by atoms with Crippen LogP contribution in [-0.4, -0.2) is 15.9 Å². The monoisotopic (exact) mass is 373 g/mol. The second kappa shape index (κ2) is 6.81. The average molecular weight is 374 g/mol. The van der Waals surface area contributed by atoms with Gasteiger partial charge in [-0.15, -0.1) is 11.3 Å². The van der Waals surface area contributed by atoms with Gasteiger partial charge in [0, 0.05) is 29.6 Å². The number of nitrogens with zero attached hydrogens (tertiary/aromatic N) is 2. The summed E-state index contributed by atoms with van der Waals surface area (Å²) >= 11 is 4.94. The van der Waals surface area contributed by atoms with Gasteiger partial charge in [0.15, 0.2) is 0 Å². The van der Waals surface area contributed by atoms with Crippen LogP contribution in [0.2, 0.25) is 0 Å². The molecule has 3 rings (SSSR count). The molecule has 0 aromatic carbocycles. The molecule has 4 nitrogen and oxygen atoms in total. The first-order chi connectivity index (χ1) is 10.7. The third-order valence-electron chi connectivity index (χ3n) is 3.05. The van der Waals surface area contributed by atoms with E-state index < -0.39 is 0 Å². The molecule has 1 N–H and O–H groups in total. The zero-order valence-corrected chi connectivity index (χ0v) is 13.9. The van der Waals surface area contributed by atoms with Crippen LogP contribution in [0.5, 0.6) is 0 Å². The molecule has 3 heterocycles. The maximum Gasteiger partial charge on any atom is 0.253 e.